The number of aliphatic imine (C=N–C) groups is 1. The maximum atomic E-state index is 6.54. The van der Waals surface area contributed by atoms with E-state index in [1.165, 1.54) is 12.1 Å². The number of guanidine groups is 1. The van der Waals surface area contributed by atoms with Gasteiger partial charge in [0, 0.05) is 75.8 Å². The first-order valence-corrected chi connectivity index (χ1v) is 10.8. The van der Waals surface area contributed by atoms with E-state index in [1.807, 2.05) is 12.1 Å². The zero-order chi connectivity index (χ0) is 20.2. The van der Waals surface area contributed by atoms with Crippen LogP contribution in [0, 0.1) is 0 Å². The number of unbranched alkanes of at least 4 members (excludes halogenated alkanes) is 1. The first-order valence-electron chi connectivity index (χ1n) is 10.4. The minimum atomic E-state index is 0.647. The number of ether oxygens (including phenoxy) is 1. The van der Waals surface area contributed by atoms with Crippen molar-refractivity contribution in [2.45, 2.75) is 32.7 Å². The third-order valence-corrected chi connectivity index (χ3v) is 5.35. The molecule has 0 saturated carbocycles. The predicted octanol–water partition coefficient (Wildman–Crippen LogP) is 2.96. The van der Waals surface area contributed by atoms with E-state index in [0.29, 0.717) is 6.54 Å². The minimum absolute atomic E-state index is 0.647. The smallest absolute Gasteiger partial charge is 0.191 e. The molecule has 1 fully saturated rings. The summed E-state index contributed by atoms with van der Waals surface area (Å²) in [4.78, 5) is 9.10. The van der Waals surface area contributed by atoms with Crippen molar-refractivity contribution in [3.05, 3.63) is 28.8 Å². The van der Waals surface area contributed by atoms with E-state index in [1.54, 1.807) is 7.05 Å². The number of anilines is 1. The van der Waals surface area contributed by atoms with Crippen LogP contribution in [0.1, 0.15) is 31.7 Å². The van der Waals surface area contributed by atoms with Crippen LogP contribution in [-0.2, 0) is 11.3 Å². The van der Waals surface area contributed by atoms with Crippen LogP contribution in [0.3, 0.4) is 0 Å². The summed E-state index contributed by atoms with van der Waals surface area (Å²) in [7, 11) is 3.96. The molecule has 0 atom stereocenters. The Kier molecular flexibility index (Phi) is 10.5. The molecule has 0 unspecified atom stereocenters. The molecule has 0 amide bonds. The number of piperazine rings is 1. The maximum Gasteiger partial charge on any atom is 0.191 e. The molecule has 1 saturated heterocycles. The summed E-state index contributed by atoms with van der Waals surface area (Å²) in [6, 6.07) is 6.16. The van der Waals surface area contributed by atoms with Gasteiger partial charge in [0.15, 0.2) is 5.96 Å². The van der Waals surface area contributed by atoms with Crippen LogP contribution in [0.4, 0.5) is 5.69 Å². The van der Waals surface area contributed by atoms with E-state index in [0.717, 1.165) is 75.3 Å². The number of hydrogen-bond acceptors (Lipinski definition) is 4. The van der Waals surface area contributed by atoms with E-state index in [9.17, 15) is 0 Å². The average Bonchev–Trinajstić information content (AvgIpc) is 2.71. The van der Waals surface area contributed by atoms with E-state index in [-0.39, 0.29) is 0 Å². The standard InChI is InChI=1S/C21H36ClN5O/c1-4-5-15-28-16-7-10-24-21(23-2)25-17-18-19(22)8-6-9-20(18)27-13-11-26(3)12-14-27/h6,8-9H,4-5,7,10-17H2,1-3H3,(H2,23,24,25). The fourth-order valence-electron chi connectivity index (χ4n) is 3.19. The molecule has 1 aromatic carbocycles. The van der Waals surface area contributed by atoms with Gasteiger partial charge in [-0.2, -0.15) is 0 Å². The molecule has 1 aliphatic rings. The second-order valence-electron chi connectivity index (χ2n) is 7.20. The summed E-state index contributed by atoms with van der Waals surface area (Å²) in [6.45, 7) is 9.48. The van der Waals surface area contributed by atoms with E-state index >= 15 is 0 Å². The number of halogens is 1. The third-order valence-electron chi connectivity index (χ3n) is 4.99. The maximum absolute atomic E-state index is 6.54. The van der Waals surface area contributed by atoms with Crippen LogP contribution in [0.15, 0.2) is 23.2 Å². The minimum Gasteiger partial charge on any atom is -0.381 e. The molecule has 158 valence electrons. The summed E-state index contributed by atoms with van der Waals surface area (Å²) >= 11 is 6.54. The molecule has 2 rings (SSSR count). The van der Waals surface area contributed by atoms with Crippen LogP contribution in [-0.4, -0.2) is 70.9 Å². The Morgan fingerprint density at radius 3 is 2.61 bits per heavy atom. The molecular formula is C21H36ClN5O. The van der Waals surface area contributed by atoms with Gasteiger partial charge in [0.1, 0.15) is 0 Å². The molecule has 0 bridgehead atoms. The number of nitrogens with zero attached hydrogens (tertiary/aromatic N) is 3. The van der Waals surface area contributed by atoms with Gasteiger partial charge in [-0.05, 0) is 32.0 Å². The molecule has 7 heteroatoms. The molecular weight excluding hydrogens is 374 g/mol. The Hall–Kier alpha value is -1.50. The molecule has 6 nitrogen and oxygen atoms in total. The SMILES string of the molecule is CCCCOCCCNC(=NC)NCc1c(Cl)cccc1N1CCN(C)CC1. The average molecular weight is 410 g/mol. The van der Waals surface area contributed by atoms with Crippen LogP contribution < -0.4 is 15.5 Å². The van der Waals surface area contributed by atoms with Crippen LogP contribution in [0.2, 0.25) is 5.02 Å². The number of hydrogen-bond donors (Lipinski definition) is 2. The lowest BCUT2D eigenvalue weighted by atomic mass is 10.1. The number of rotatable bonds is 10. The van der Waals surface area contributed by atoms with Gasteiger partial charge in [0.2, 0.25) is 0 Å². The largest absolute Gasteiger partial charge is 0.381 e. The van der Waals surface area contributed by atoms with Crippen molar-refractivity contribution in [3.63, 3.8) is 0 Å². The van der Waals surface area contributed by atoms with Crippen molar-refractivity contribution in [2.75, 3.05) is 64.9 Å². The molecule has 28 heavy (non-hydrogen) atoms. The molecule has 1 heterocycles. The van der Waals surface area contributed by atoms with Gasteiger partial charge < -0.3 is 25.2 Å². The molecule has 1 aliphatic heterocycles. The molecule has 0 aliphatic carbocycles. The van der Waals surface area contributed by atoms with E-state index in [2.05, 4.69) is 45.5 Å². The normalized spacial score (nSPS) is 15.7. The lowest BCUT2D eigenvalue weighted by molar-refractivity contribution is 0.129. The van der Waals surface area contributed by atoms with E-state index < -0.39 is 0 Å². The summed E-state index contributed by atoms with van der Waals surface area (Å²) in [6.07, 6.45) is 3.26. The summed E-state index contributed by atoms with van der Waals surface area (Å²) in [5.41, 5.74) is 2.34. The van der Waals surface area contributed by atoms with Crippen molar-refractivity contribution in [2.24, 2.45) is 4.99 Å². The second-order valence-corrected chi connectivity index (χ2v) is 7.61. The lowest BCUT2D eigenvalue weighted by Crippen LogP contribution is -2.45. The molecule has 1 aromatic rings. The van der Waals surface area contributed by atoms with Gasteiger partial charge in [-0.25, -0.2) is 0 Å². The van der Waals surface area contributed by atoms with Crippen molar-refractivity contribution >= 4 is 23.2 Å². The van der Waals surface area contributed by atoms with E-state index in [4.69, 9.17) is 16.3 Å². The zero-order valence-corrected chi connectivity index (χ0v) is 18.4. The Bertz CT molecular complexity index is 602. The van der Waals surface area contributed by atoms with Gasteiger partial charge in [-0.1, -0.05) is 31.0 Å². The van der Waals surface area contributed by atoms with Crippen molar-refractivity contribution in [1.82, 2.24) is 15.5 Å². The van der Waals surface area contributed by atoms with Crippen molar-refractivity contribution in [1.29, 1.82) is 0 Å². The fraction of sp³-hybridized carbons (Fsp3) is 0.667. The predicted molar refractivity (Wildman–Crippen MR) is 120 cm³/mol. The Morgan fingerprint density at radius 1 is 1.14 bits per heavy atom. The Balaban J connectivity index is 1.83. The Labute approximate surface area is 175 Å². The highest BCUT2D eigenvalue weighted by molar-refractivity contribution is 6.31. The highest BCUT2D eigenvalue weighted by Crippen LogP contribution is 2.28. The van der Waals surface area contributed by atoms with Gasteiger partial charge in [-0.15, -0.1) is 0 Å². The van der Waals surface area contributed by atoms with Gasteiger partial charge >= 0.3 is 0 Å². The number of likely N-dealkylation sites (N-methyl/N-ethyl adjacent to an activating group) is 1. The van der Waals surface area contributed by atoms with Crippen molar-refractivity contribution < 1.29 is 4.74 Å². The summed E-state index contributed by atoms with van der Waals surface area (Å²) in [5, 5.41) is 7.55. The quantitative estimate of drug-likeness (QED) is 0.353. The highest BCUT2D eigenvalue weighted by Gasteiger charge is 2.18. The van der Waals surface area contributed by atoms with Crippen LogP contribution in [0.5, 0.6) is 0 Å². The monoisotopic (exact) mass is 409 g/mol. The van der Waals surface area contributed by atoms with Gasteiger partial charge in [0.05, 0.1) is 0 Å². The van der Waals surface area contributed by atoms with Crippen LogP contribution >= 0.6 is 11.6 Å². The second kappa shape index (κ2) is 12.9. The lowest BCUT2D eigenvalue weighted by Gasteiger charge is -2.35. The first-order chi connectivity index (χ1) is 13.7. The van der Waals surface area contributed by atoms with Crippen molar-refractivity contribution in [3.8, 4) is 0 Å². The number of benzene rings is 1. The molecule has 2 N–H and O–H groups in total. The Morgan fingerprint density at radius 2 is 1.89 bits per heavy atom. The highest BCUT2D eigenvalue weighted by atomic mass is 35.5. The topological polar surface area (TPSA) is 52.1 Å². The number of nitrogens with one attached hydrogen (secondary N) is 2. The summed E-state index contributed by atoms with van der Waals surface area (Å²) < 4.78 is 5.60. The zero-order valence-electron chi connectivity index (χ0n) is 17.6. The van der Waals surface area contributed by atoms with Gasteiger partial charge in [0.25, 0.3) is 0 Å². The van der Waals surface area contributed by atoms with Gasteiger partial charge in [-0.3, -0.25) is 4.99 Å². The van der Waals surface area contributed by atoms with Crippen LogP contribution in [0.25, 0.3) is 0 Å². The molecule has 0 aromatic heterocycles. The fourth-order valence-corrected chi connectivity index (χ4v) is 3.42. The molecule has 0 spiro atoms. The summed E-state index contributed by atoms with van der Waals surface area (Å²) in [5.74, 6) is 0.790. The first kappa shape index (κ1) is 22.8. The molecule has 0 radical (unpaired) electrons. The third kappa shape index (κ3) is 7.49.